The predicted octanol–water partition coefficient (Wildman–Crippen LogP) is 2.07. The Morgan fingerprint density at radius 1 is 1.24 bits per heavy atom. The highest BCUT2D eigenvalue weighted by Gasteiger charge is 2.37. The third-order valence-corrected chi connectivity index (χ3v) is 5.54. The topological polar surface area (TPSA) is 32.5 Å². The van der Waals surface area contributed by atoms with Crippen molar-refractivity contribution < 1.29 is 0 Å². The normalized spacial score (nSPS) is 30.0. The molecule has 3 atom stereocenters. The minimum atomic E-state index is 0.0519. The van der Waals surface area contributed by atoms with Crippen molar-refractivity contribution in [1.82, 2.24) is 9.80 Å². The average molecular weight is 287 g/mol. The van der Waals surface area contributed by atoms with Gasteiger partial charge in [-0.3, -0.25) is 9.80 Å². The number of fused-ring (bicyclic) bond motifs is 1. The summed E-state index contributed by atoms with van der Waals surface area (Å²) in [5.74, 6) is 0. The Labute approximate surface area is 129 Å². The molecule has 2 heterocycles. The summed E-state index contributed by atoms with van der Waals surface area (Å²) >= 11 is 0. The zero-order chi connectivity index (χ0) is 14.9. The van der Waals surface area contributed by atoms with Gasteiger partial charge >= 0.3 is 0 Å². The first-order valence-electron chi connectivity index (χ1n) is 8.36. The molecule has 0 bridgehead atoms. The molecule has 0 saturated carbocycles. The van der Waals surface area contributed by atoms with Crippen LogP contribution in [0.3, 0.4) is 0 Å². The van der Waals surface area contributed by atoms with Crippen LogP contribution in [0.1, 0.15) is 32.3 Å². The quantitative estimate of drug-likeness (QED) is 0.920. The van der Waals surface area contributed by atoms with Gasteiger partial charge in [-0.25, -0.2) is 0 Å². The summed E-state index contributed by atoms with van der Waals surface area (Å²) in [5.41, 5.74) is 7.59. The monoisotopic (exact) mass is 287 g/mol. The van der Waals surface area contributed by atoms with E-state index in [1.807, 2.05) is 0 Å². The zero-order valence-electron chi connectivity index (χ0n) is 13.5. The molecule has 0 aliphatic carbocycles. The van der Waals surface area contributed by atoms with Crippen molar-refractivity contribution in [3.05, 3.63) is 35.9 Å². The van der Waals surface area contributed by atoms with Crippen LogP contribution in [0, 0.1) is 0 Å². The molecule has 1 aromatic rings. The van der Waals surface area contributed by atoms with Crippen molar-refractivity contribution in [1.29, 1.82) is 0 Å². The second-order valence-electron chi connectivity index (χ2n) is 7.20. The summed E-state index contributed by atoms with van der Waals surface area (Å²) in [6.07, 6.45) is 2.74. The van der Waals surface area contributed by atoms with Crippen LogP contribution < -0.4 is 5.73 Å². The molecule has 2 N–H and O–H groups in total. The van der Waals surface area contributed by atoms with Crippen LogP contribution in [-0.4, -0.2) is 54.6 Å². The molecular weight excluding hydrogens is 258 g/mol. The molecule has 21 heavy (non-hydrogen) atoms. The Kier molecular flexibility index (Phi) is 4.34. The number of hydrogen-bond acceptors (Lipinski definition) is 3. The molecule has 3 heteroatoms. The molecule has 1 aromatic carbocycles. The van der Waals surface area contributed by atoms with Gasteiger partial charge in [-0.2, -0.15) is 0 Å². The van der Waals surface area contributed by atoms with Crippen LogP contribution in [-0.2, 0) is 5.41 Å². The van der Waals surface area contributed by atoms with Gasteiger partial charge in [-0.1, -0.05) is 37.3 Å². The van der Waals surface area contributed by atoms with Gasteiger partial charge in [0.25, 0.3) is 0 Å². The van der Waals surface area contributed by atoms with Crippen LogP contribution in [0.25, 0.3) is 0 Å². The lowest BCUT2D eigenvalue weighted by Crippen LogP contribution is -2.58. The van der Waals surface area contributed by atoms with E-state index in [-0.39, 0.29) is 5.41 Å². The second kappa shape index (κ2) is 6.07. The Morgan fingerprint density at radius 3 is 2.71 bits per heavy atom. The number of rotatable bonds is 4. The van der Waals surface area contributed by atoms with E-state index in [1.54, 1.807) is 0 Å². The van der Waals surface area contributed by atoms with Crippen LogP contribution in [0.5, 0.6) is 0 Å². The third kappa shape index (κ3) is 3.01. The molecule has 3 unspecified atom stereocenters. The summed E-state index contributed by atoms with van der Waals surface area (Å²) in [6, 6.07) is 12.2. The van der Waals surface area contributed by atoms with Crippen molar-refractivity contribution >= 4 is 0 Å². The number of hydrogen-bond donors (Lipinski definition) is 1. The van der Waals surface area contributed by atoms with E-state index in [0.717, 1.165) is 12.6 Å². The zero-order valence-corrected chi connectivity index (χ0v) is 13.5. The molecule has 0 aromatic heterocycles. The smallest absolute Gasteiger partial charge is 0.0224 e. The fraction of sp³-hybridized carbons (Fsp3) is 0.667. The van der Waals surface area contributed by atoms with Gasteiger partial charge in [-0.05, 0) is 31.9 Å². The van der Waals surface area contributed by atoms with Gasteiger partial charge in [-0.15, -0.1) is 0 Å². The molecule has 3 rings (SSSR count). The van der Waals surface area contributed by atoms with Gasteiger partial charge in [0.05, 0.1) is 0 Å². The lowest BCUT2D eigenvalue weighted by Gasteiger charge is -2.46. The molecule has 2 saturated heterocycles. The first kappa shape index (κ1) is 15.0. The lowest BCUT2D eigenvalue weighted by molar-refractivity contribution is 0.0451. The van der Waals surface area contributed by atoms with Crippen LogP contribution in [0.4, 0.5) is 0 Å². The molecule has 116 valence electrons. The third-order valence-electron chi connectivity index (χ3n) is 5.54. The number of nitrogens with two attached hydrogens (primary N) is 1. The largest absolute Gasteiger partial charge is 0.330 e. The van der Waals surface area contributed by atoms with Crippen LogP contribution >= 0.6 is 0 Å². The second-order valence-corrected chi connectivity index (χ2v) is 7.20. The highest BCUT2D eigenvalue weighted by Crippen LogP contribution is 2.29. The summed E-state index contributed by atoms with van der Waals surface area (Å²) in [4.78, 5) is 5.36. The van der Waals surface area contributed by atoms with Gasteiger partial charge in [0.1, 0.15) is 0 Å². The fourth-order valence-electron chi connectivity index (χ4n) is 4.03. The molecule has 2 aliphatic rings. The highest BCUT2D eigenvalue weighted by molar-refractivity contribution is 5.25. The van der Waals surface area contributed by atoms with E-state index < -0.39 is 0 Å². The Balaban J connectivity index is 1.74. The van der Waals surface area contributed by atoms with E-state index >= 15 is 0 Å². The molecule has 0 spiro atoms. The van der Waals surface area contributed by atoms with E-state index in [0.29, 0.717) is 12.6 Å². The Hall–Kier alpha value is -0.900. The van der Waals surface area contributed by atoms with Gasteiger partial charge in [0.15, 0.2) is 0 Å². The summed E-state index contributed by atoms with van der Waals surface area (Å²) < 4.78 is 0. The first-order valence-corrected chi connectivity index (χ1v) is 8.36. The molecule has 2 aliphatic heterocycles. The number of benzene rings is 1. The van der Waals surface area contributed by atoms with Crippen LogP contribution in [0.15, 0.2) is 30.3 Å². The lowest BCUT2D eigenvalue weighted by atomic mass is 9.81. The average Bonchev–Trinajstić information content (AvgIpc) is 2.95. The maximum atomic E-state index is 6.17. The summed E-state index contributed by atoms with van der Waals surface area (Å²) in [5, 5.41) is 0. The van der Waals surface area contributed by atoms with Gasteiger partial charge < -0.3 is 5.73 Å². The first-order chi connectivity index (χ1) is 10.1. The van der Waals surface area contributed by atoms with Crippen molar-refractivity contribution in [2.75, 3.05) is 32.7 Å². The molecule has 3 nitrogen and oxygen atoms in total. The van der Waals surface area contributed by atoms with Gasteiger partial charge in [0.2, 0.25) is 0 Å². The van der Waals surface area contributed by atoms with Crippen molar-refractivity contribution in [2.45, 2.75) is 44.2 Å². The molecule has 0 amide bonds. The molecule has 2 fully saturated rings. The summed E-state index contributed by atoms with van der Waals surface area (Å²) in [6.45, 7) is 10.2. The highest BCUT2D eigenvalue weighted by atomic mass is 15.3. The van der Waals surface area contributed by atoms with Gasteiger partial charge in [0, 0.05) is 43.7 Å². The maximum absolute atomic E-state index is 6.17. The van der Waals surface area contributed by atoms with E-state index in [2.05, 4.69) is 54.0 Å². The van der Waals surface area contributed by atoms with E-state index in [9.17, 15) is 0 Å². The van der Waals surface area contributed by atoms with Crippen LogP contribution in [0.2, 0.25) is 0 Å². The Bertz CT molecular complexity index is 461. The Morgan fingerprint density at radius 2 is 2.00 bits per heavy atom. The maximum Gasteiger partial charge on any atom is 0.0224 e. The SMILES string of the molecule is CC1CN2CCCC2CN1CC(C)(CN)c1ccccc1. The number of nitrogens with zero attached hydrogens (tertiary/aromatic N) is 2. The fourth-order valence-corrected chi connectivity index (χ4v) is 4.03. The minimum Gasteiger partial charge on any atom is -0.330 e. The van der Waals surface area contributed by atoms with E-state index in [1.165, 1.54) is 38.0 Å². The predicted molar refractivity (Wildman–Crippen MR) is 88.5 cm³/mol. The van der Waals surface area contributed by atoms with E-state index in [4.69, 9.17) is 5.73 Å². The molecular formula is C18H29N3. The van der Waals surface area contributed by atoms with Crippen molar-refractivity contribution in [3.8, 4) is 0 Å². The standard InChI is InChI=1S/C18H29N3/c1-15-11-20-10-6-9-17(20)12-21(15)14-18(2,13-19)16-7-4-3-5-8-16/h3-5,7-8,15,17H,6,9-14,19H2,1-2H3. The number of piperazine rings is 1. The van der Waals surface area contributed by atoms with Crippen molar-refractivity contribution in [3.63, 3.8) is 0 Å². The minimum absolute atomic E-state index is 0.0519. The van der Waals surface area contributed by atoms with Crippen molar-refractivity contribution in [2.24, 2.45) is 5.73 Å². The molecule has 0 radical (unpaired) electrons. The summed E-state index contributed by atoms with van der Waals surface area (Å²) in [7, 11) is 0.